The SMILES string of the molecule is Oc1cccc(CCCCS)c1. The molecule has 0 saturated carbocycles. The van der Waals surface area contributed by atoms with Crippen LogP contribution in [0.5, 0.6) is 5.75 Å². The number of aromatic hydroxyl groups is 1. The molecule has 0 amide bonds. The van der Waals surface area contributed by atoms with Crippen molar-refractivity contribution in [1.82, 2.24) is 0 Å². The fraction of sp³-hybridized carbons (Fsp3) is 0.400. The van der Waals surface area contributed by atoms with E-state index >= 15 is 0 Å². The van der Waals surface area contributed by atoms with Crippen LogP contribution in [-0.2, 0) is 6.42 Å². The molecule has 0 unspecified atom stereocenters. The molecule has 1 nitrogen and oxygen atoms in total. The molecule has 0 aliphatic carbocycles. The molecule has 12 heavy (non-hydrogen) atoms. The Kier molecular flexibility index (Phi) is 4.01. The number of phenolic OH excluding ortho intramolecular Hbond substituents is 1. The second-order valence-electron chi connectivity index (χ2n) is 2.85. The number of benzene rings is 1. The fourth-order valence-electron chi connectivity index (χ4n) is 1.15. The number of phenols is 1. The molecule has 1 aromatic rings. The van der Waals surface area contributed by atoms with Gasteiger partial charge in [0.1, 0.15) is 5.75 Å². The summed E-state index contributed by atoms with van der Waals surface area (Å²) in [5, 5.41) is 9.15. The molecule has 0 aliphatic rings. The lowest BCUT2D eigenvalue weighted by Crippen LogP contribution is -1.85. The van der Waals surface area contributed by atoms with Gasteiger partial charge in [0, 0.05) is 0 Å². The molecule has 0 saturated heterocycles. The van der Waals surface area contributed by atoms with Crippen LogP contribution in [0.4, 0.5) is 0 Å². The van der Waals surface area contributed by atoms with Gasteiger partial charge in [0.15, 0.2) is 0 Å². The third-order valence-electron chi connectivity index (χ3n) is 1.78. The summed E-state index contributed by atoms with van der Waals surface area (Å²) >= 11 is 4.14. The van der Waals surface area contributed by atoms with Gasteiger partial charge in [-0.1, -0.05) is 12.1 Å². The van der Waals surface area contributed by atoms with E-state index in [1.807, 2.05) is 18.2 Å². The first kappa shape index (κ1) is 9.46. The summed E-state index contributed by atoms with van der Waals surface area (Å²) in [7, 11) is 0. The summed E-state index contributed by atoms with van der Waals surface area (Å²) in [6.45, 7) is 0. The van der Waals surface area contributed by atoms with Gasteiger partial charge in [-0.15, -0.1) is 0 Å². The molecule has 0 aromatic heterocycles. The third-order valence-corrected chi connectivity index (χ3v) is 2.10. The van der Waals surface area contributed by atoms with Gasteiger partial charge < -0.3 is 5.11 Å². The number of unbranched alkanes of at least 4 members (excludes halogenated alkanes) is 1. The summed E-state index contributed by atoms with van der Waals surface area (Å²) in [4.78, 5) is 0. The molecule has 0 bridgehead atoms. The molecule has 0 heterocycles. The zero-order valence-corrected chi connectivity index (χ0v) is 7.93. The van der Waals surface area contributed by atoms with E-state index < -0.39 is 0 Å². The molecule has 1 rings (SSSR count). The van der Waals surface area contributed by atoms with Crippen LogP contribution < -0.4 is 0 Å². The van der Waals surface area contributed by atoms with E-state index in [9.17, 15) is 0 Å². The molecule has 0 fully saturated rings. The van der Waals surface area contributed by atoms with Crippen molar-refractivity contribution in [3.63, 3.8) is 0 Å². The fourth-order valence-corrected chi connectivity index (χ4v) is 1.38. The second-order valence-corrected chi connectivity index (χ2v) is 3.30. The number of hydrogen-bond donors (Lipinski definition) is 2. The first-order valence-electron chi connectivity index (χ1n) is 4.21. The van der Waals surface area contributed by atoms with E-state index in [4.69, 9.17) is 5.11 Å². The smallest absolute Gasteiger partial charge is 0.115 e. The van der Waals surface area contributed by atoms with Crippen LogP contribution in [0.2, 0.25) is 0 Å². The highest BCUT2D eigenvalue weighted by Crippen LogP contribution is 2.12. The van der Waals surface area contributed by atoms with Gasteiger partial charge in [0.05, 0.1) is 0 Å². The van der Waals surface area contributed by atoms with Crippen LogP contribution in [0.3, 0.4) is 0 Å². The summed E-state index contributed by atoms with van der Waals surface area (Å²) < 4.78 is 0. The molecular weight excluding hydrogens is 168 g/mol. The molecule has 0 aliphatic heterocycles. The van der Waals surface area contributed by atoms with E-state index in [2.05, 4.69) is 12.6 Å². The molecular formula is C10H14OS. The van der Waals surface area contributed by atoms with Gasteiger partial charge in [0.2, 0.25) is 0 Å². The molecule has 2 heteroatoms. The predicted molar refractivity (Wildman–Crippen MR) is 54.9 cm³/mol. The van der Waals surface area contributed by atoms with Crippen LogP contribution in [0.25, 0.3) is 0 Å². The Morgan fingerprint density at radius 1 is 1.25 bits per heavy atom. The van der Waals surface area contributed by atoms with E-state index in [0.29, 0.717) is 5.75 Å². The summed E-state index contributed by atoms with van der Waals surface area (Å²) in [6, 6.07) is 7.43. The minimum absolute atomic E-state index is 0.360. The maximum atomic E-state index is 9.15. The summed E-state index contributed by atoms with van der Waals surface area (Å²) in [6.07, 6.45) is 3.32. The van der Waals surface area contributed by atoms with Gasteiger partial charge in [-0.05, 0) is 42.7 Å². The van der Waals surface area contributed by atoms with Crippen molar-refractivity contribution < 1.29 is 5.11 Å². The van der Waals surface area contributed by atoms with Crippen LogP contribution in [-0.4, -0.2) is 10.9 Å². The third kappa shape index (κ3) is 3.18. The number of aryl methyl sites for hydroxylation is 1. The monoisotopic (exact) mass is 182 g/mol. The molecule has 0 atom stereocenters. The van der Waals surface area contributed by atoms with Crippen molar-refractivity contribution in [3.05, 3.63) is 29.8 Å². The van der Waals surface area contributed by atoms with Crippen LogP contribution >= 0.6 is 12.6 Å². The highest BCUT2D eigenvalue weighted by atomic mass is 32.1. The van der Waals surface area contributed by atoms with Gasteiger partial charge in [-0.2, -0.15) is 12.6 Å². The number of thiol groups is 1. The first-order valence-corrected chi connectivity index (χ1v) is 4.85. The van der Waals surface area contributed by atoms with Crippen LogP contribution in [0.1, 0.15) is 18.4 Å². The summed E-state index contributed by atoms with van der Waals surface area (Å²) in [5.41, 5.74) is 1.21. The predicted octanol–water partition coefficient (Wildman–Crippen LogP) is 2.64. The zero-order valence-electron chi connectivity index (χ0n) is 7.03. The largest absolute Gasteiger partial charge is 0.508 e. The standard InChI is InChI=1S/C10H14OS/c11-10-6-3-5-9(8-10)4-1-2-7-12/h3,5-6,8,11-12H,1-2,4,7H2. The average Bonchev–Trinajstić information content (AvgIpc) is 2.05. The molecule has 0 spiro atoms. The van der Waals surface area contributed by atoms with Crippen LogP contribution in [0, 0.1) is 0 Å². The maximum Gasteiger partial charge on any atom is 0.115 e. The topological polar surface area (TPSA) is 20.2 Å². The molecule has 0 radical (unpaired) electrons. The Hall–Kier alpha value is -0.630. The van der Waals surface area contributed by atoms with Gasteiger partial charge in [-0.25, -0.2) is 0 Å². The number of hydrogen-bond acceptors (Lipinski definition) is 2. The number of rotatable bonds is 4. The van der Waals surface area contributed by atoms with Gasteiger partial charge in [0.25, 0.3) is 0 Å². The van der Waals surface area contributed by atoms with Crippen molar-refractivity contribution in [1.29, 1.82) is 0 Å². The first-order chi connectivity index (χ1) is 5.83. The summed E-state index contributed by atoms with van der Waals surface area (Å²) in [5.74, 6) is 1.30. The highest BCUT2D eigenvalue weighted by Gasteiger charge is 1.93. The lowest BCUT2D eigenvalue weighted by atomic mass is 10.1. The minimum Gasteiger partial charge on any atom is -0.508 e. The second kappa shape index (κ2) is 5.09. The Balaban J connectivity index is 2.41. The van der Waals surface area contributed by atoms with E-state index in [1.165, 1.54) is 5.56 Å². The van der Waals surface area contributed by atoms with Crippen molar-refractivity contribution in [2.24, 2.45) is 0 Å². The van der Waals surface area contributed by atoms with E-state index in [-0.39, 0.29) is 0 Å². The molecule has 1 N–H and O–H groups in total. The van der Waals surface area contributed by atoms with Crippen molar-refractivity contribution in [2.75, 3.05) is 5.75 Å². The van der Waals surface area contributed by atoms with E-state index in [1.54, 1.807) is 6.07 Å². The quantitative estimate of drug-likeness (QED) is 0.542. The normalized spacial score (nSPS) is 10.1. The van der Waals surface area contributed by atoms with Crippen molar-refractivity contribution >= 4 is 12.6 Å². The Morgan fingerprint density at radius 2 is 2.08 bits per heavy atom. The zero-order chi connectivity index (χ0) is 8.81. The lowest BCUT2D eigenvalue weighted by Gasteiger charge is -2.00. The maximum absolute atomic E-state index is 9.15. The Bertz CT molecular complexity index is 235. The van der Waals surface area contributed by atoms with Gasteiger partial charge >= 0.3 is 0 Å². The average molecular weight is 182 g/mol. The Labute approximate surface area is 78.8 Å². The highest BCUT2D eigenvalue weighted by molar-refractivity contribution is 7.80. The molecule has 1 aromatic carbocycles. The van der Waals surface area contributed by atoms with Gasteiger partial charge in [-0.3, -0.25) is 0 Å². The Morgan fingerprint density at radius 3 is 2.75 bits per heavy atom. The van der Waals surface area contributed by atoms with Crippen molar-refractivity contribution in [3.8, 4) is 5.75 Å². The van der Waals surface area contributed by atoms with Crippen LogP contribution in [0.15, 0.2) is 24.3 Å². The van der Waals surface area contributed by atoms with Crippen molar-refractivity contribution in [2.45, 2.75) is 19.3 Å². The minimum atomic E-state index is 0.360. The lowest BCUT2D eigenvalue weighted by molar-refractivity contribution is 0.474. The van der Waals surface area contributed by atoms with E-state index in [0.717, 1.165) is 25.0 Å². The molecule has 66 valence electrons.